The number of nitrogen functional groups attached to an aromatic ring is 1. The van der Waals surface area contributed by atoms with E-state index in [1.807, 2.05) is 12.1 Å². The summed E-state index contributed by atoms with van der Waals surface area (Å²) in [6, 6.07) is 21.3. The second-order valence-electron chi connectivity index (χ2n) is 6.78. The van der Waals surface area contributed by atoms with Gasteiger partial charge in [0.15, 0.2) is 0 Å². The Labute approximate surface area is 157 Å². The van der Waals surface area contributed by atoms with Gasteiger partial charge < -0.3 is 10.6 Å². The van der Waals surface area contributed by atoms with Crippen molar-refractivity contribution in [3.63, 3.8) is 0 Å². The van der Waals surface area contributed by atoms with Gasteiger partial charge in [0.25, 0.3) is 0 Å². The number of hydrogen-bond acceptors (Lipinski definition) is 2. The van der Waals surface area contributed by atoms with Crippen LogP contribution in [0, 0.1) is 13.8 Å². The fourth-order valence-electron chi connectivity index (χ4n) is 3.74. The minimum atomic E-state index is 0.786. The van der Waals surface area contributed by atoms with Gasteiger partial charge in [0.2, 0.25) is 0 Å². The average Bonchev–Trinajstić information content (AvgIpc) is 2.64. The van der Waals surface area contributed by atoms with E-state index in [1.165, 1.54) is 33.6 Å². The molecule has 3 aromatic carbocycles. The van der Waals surface area contributed by atoms with Crippen molar-refractivity contribution >= 4 is 22.7 Å². The van der Waals surface area contributed by atoms with E-state index < -0.39 is 0 Å². The summed E-state index contributed by atoms with van der Waals surface area (Å²) in [7, 11) is 0. The van der Waals surface area contributed by atoms with Crippen molar-refractivity contribution in [3.05, 3.63) is 82.9 Å². The van der Waals surface area contributed by atoms with Crippen LogP contribution >= 0.6 is 0 Å². The predicted octanol–water partition coefficient (Wildman–Crippen LogP) is 6.48. The van der Waals surface area contributed by atoms with E-state index in [0.717, 1.165) is 24.2 Å². The molecule has 0 aliphatic carbocycles. The molecule has 2 nitrogen and oxygen atoms in total. The molecule has 0 saturated carbocycles. The number of rotatable bonds is 5. The average molecular weight is 345 g/mol. The number of aryl methyl sites for hydroxylation is 2. The molecule has 0 radical (unpaired) electrons. The van der Waals surface area contributed by atoms with Gasteiger partial charge in [-0.25, -0.2) is 0 Å². The Morgan fingerprint density at radius 3 is 1.58 bits per heavy atom. The van der Waals surface area contributed by atoms with Gasteiger partial charge >= 0.3 is 0 Å². The molecule has 0 aromatic heterocycles. The molecular weight excluding hydrogens is 316 g/mol. The molecule has 134 valence electrons. The molecule has 0 saturated heterocycles. The van der Waals surface area contributed by atoms with Gasteiger partial charge in [-0.05, 0) is 85.3 Å². The molecule has 2 N–H and O–H groups in total. The van der Waals surface area contributed by atoms with Crippen molar-refractivity contribution in [2.45, 2.75) is 40.5 Å². The molecule has 0 aliphatic rings. The van der Waals surface area contributed by atoms with Crippen LogP contribution in [0.2, 0.25) is 0 Å². The second kappa shape index (κ2) is 7.65. The van der Waals surface area contributed by atoms with E-state index in [4.69, 9.17) is 5.73 Å². The summed E-state index contributed by atoms with van der Waals surface area (Å²) in [5, 5.41) is 0. The predicted molar refractivity (Wildman–Crippen MR) is 114 cm³/mol. The molecule has 0 amide bonds. The van der Waals surface area contributed by atoms with Gasteiger partial charge in [-0.1, -0.05) is 38.1 Å². The maximum atomic E-state index is 5.95. The lowest BCUT2D eigenvalue weighted by Crippen LogP contribution is -2.15. The Morgan fingerprint density at radius 1 is 0.692 bits per heavy atom. The minimum Gasteiger partial charge on any atom is -0.399 e. The summed E-state index contributed by atoms with van der Waals surface area (Å²) in [4.78, 5) is 2.39. The van der Waals surface area contributed by atoms with Crippen LogP contribution in [0.25, 0.3) is 0 Å². The number of nitrogens with zero attached hydrogens (tertiary/aromatic N) is 1. The smallest absolute Gasteiger partial charge is 0.0496 e. The van der Waals surface area contributed by atoms with E-state index in [-0.39, 0.29) is 0 Å². The lowest BCUT2D eigenvalue weighted by molar-refractivity contribution is 1.06. The molecule has 0 heterocycles. The van der Waals surface area contributed by atoms with Crippen molar-refractivity contribution in [2.75, 3.05) is 10.6 Å². The largest absolute Gasteiger partial charge is 0.399 e. The zero-order valence-corrected chi connectivity index (χ0v) is 16.2. The van der Waals surface area contributed by atoms with Crippen LogP contribution in [0.4, 0.5) is 22.7 Å². The third-order valence-corrected chi connectivity index (χ3v) is 5.11. The Bertz CT molecular complexity index is 841. The highest BCUT2D eigenvalue weighted by atomic mass is 15.1. The van der Waals surface area contributed by atoms with Crippen molar-refractivity contribution in [2.24, 2.45) is 0 Å². The van der Waals surface area contributed by atoms with Crippen LogP contribution in [0.15, 0.2) is 60.7 Å². The third-order valence-electron chi connectivity index (χ3n) is 5.11. The quantitative estimate of drug-likeness (QED) is 0.537. The maximum absolute atomic E-state index is 5.95. The molecule has 0 aliphatic heterocycles. The first-order valence-electron chi connectivity index (χ1n) is 9.39. The van der Waals surface area contributed by atoms with Crippen LogP contribution in [0.3, 0.4) is 0 Å². The van der Waals surface area contributed by atoms with E-state index in [1.54, 1.807) is 0 Å². The molecule has 0 spiro atoms. The molecule has 26 heavy (non-hydrogen) atoms. The normalized spacial score (nSPS) is 10.8. The number of hydrogen-bond donors (Lipinski definition) is 1. The Balaban J connectivity index is 2.30. The lowest BCUT2D eigenvalue weighted by atomic mass is 9.99. The first-order chi connectivity index (χ1) is 12.6. The van der Waals surface area contributed by atoms with Gasteiger partial charge in [-0.2, -0.15) is 0 Å². The van der Waals surface area contributed by atoms with E-state index in [9.17, 15) is 0 Å². The number of anilines is 4. The fourth-order valence-corrected chi connectivity index (χ4v) is 3.74. The van der Waals surface area contributed by atoms with Crippen LogP contribution in [-0.4, -0.2) is 0 Å². The molecule has 3 rings (SSSR count). The first-order valence-corrected chi connectivity index (χ1v) is 9.39. The molecule has 0 bridgehead atoms. The molecule has 3 aromatic rings. The van der Waals surface area contributed by atoms with Gasteiger partial charge in [-0.15, -0.1) is 0 Å². The van der Waals surface area contributed by atoms with Crippen molar-refractivity contribution in [3.8, 4) is 0 Å². The third kappa shape index (κ3) is 3.32. The van der Waals surface area contributed by atoms with Crippen molar-refractivity contribution in [1.29, 1.82) is 0 Å². The molecular formula is C24H28N2. The first kappa shape index (κ1) is 18.1. The highest BCUT2D eigenvalue weighted by Gasteiger charge is 2.19. The summed E-state index contributed by atoms with van der Waals surface area (Å²) in [6.07, 6.45) is 2.00. The zero-order valence-electron chi connectivity index (χ0n) is 16.2. The fraction of sp³-hybridized carbons (Fsp3) is 0.250. The lowest BCUT2D eigenvalue weighted by Gasteiger charge is -2.30. The van der Waals surface area contributed by atoms with Gasteiger partial charge in [0, 0.05) is 22.7 Å². The zero-order chi connectivity index (χ0) is 18.7. The van der Waals surface area contributed by atoms with E-state index in [0.29, 0.717) is 0 Å². The van der Waals surface area contributed by atoms with Crippen molar-refractivity contribution in [1.82, 2.24) is 0 Å². The number of benzene rings is 3. The van der Waals surface area contributed by atoms with Crippen LogP contribution in [-0.2, 0) is 12.8 Å². The monoisotopic (exact) mass is 344 g/mol. The molecule has 0 fully saturated rings. The van der Waals surface area contributed by atoms with E-state index in [2.05, 4.69) is 81.1 Å². The Hall–Kier alpha value is -2.74. The topological polar surface area (TPSA) is 29.3 Å². The summed E-state index contributed by atoms with van der Waals surface area (Å²) < 4.78 is 0. The Kier molecular flexibility index (Phi) is 5.32. The Morgan fingerprint density at radius 2 is 1.15 bits per heavy atom. The van der Waals surface area contributed by atoms with Crippen LogP contribution < -0.4 is 10.6 Å². The highest BCUT2D eigenvalue weighted by Crippen LogP contribution is 2.40. The molecule has 2 heteroatoms. The van der Waals surface area contributed by atoms with Crippen molar-refractivity contribution < 1.29 is 0 Å². The molecule has 0 atom stereocenters. The standard InChI is InChI=1S/C24H28N2/c1-5-21-17(3)9-7-11-23(21)26(20-15-13-19(25)14-16-20)24-12-8-10-18(4)22(24)6-2/h7-16H,5-6,25H2,1-4H3. The summed E-state index contributed by atoms with van der Waals surface area (Å²) in [6.45, 7) is 8.84. The second-order valence-corrected chi connectivity index (χ2v) is 6.78. The highest BCUT2D eigenvalue weighted by molar-refractivity contribution is 5.81. The summed E-state index contributed by atoms with van der Waals surface area (Å²) in [5.41, 5.74) is 15.8. The van der Waals surface area contributed by atoms with Crippen LogP contribution in [0.5, 0.6) is 0 Å². The van der Waals surface area contributed by atoms with Crippen LogP contribution in [0.1, 0.15) is 36.1 Å². The van der Waals surface area contributed by atoms with Gasteiger partial charge in [0.1, 0.15) is 0 Å². The summed E-state index contributed by atoms with van der Waals surface area (Å²) in [5.74, 6) is 0. The summed E-state index contributed by atoms with van der Waals surface area (Å²) >= 11 is 0. The molecule has 0 unspecified atom stereocenters. The SMILES string of the molecule is CCc1c(C)cccc1N(c1ccc(N)cc1)c1cccc(C)c1CC. The van der Waals surface area contributed by atoms with E-state index >= 15 is 0 Å². The number of nitrogens with two attached hydrogens (primary N) is 1. The van der Waals surface area contributed by atoms with Gasteiger partial charge in [-0.3, -0.25) is 0 Å². The maximum Gasteiger partial charge on any atom is 0.0496 e. The van der Waals surface area contributed by atoms with Gasteiger partial charge in [0.05, 0.1) is 0 Å². The minimum absolute atomic E-state index is 0.786.